The highest BCUT2D eigenvalue weighted by atomic mass is 16.3. The number of nitrogens with zero attached hydrogens (tertiary/aromatic N) is 1. The van der Waals surface area contributed by atoms with Gasteiger partial charge in [-0.15, -0.1) is 0 Å². The predicted octanol–water partition coefficient (Wildman–Crippen LogP) is 1.97. The Kier molecular flexibility index (Phi) is 4.91. The molecule has 0 saturated carbocycles. The second-order valence-corrected chi connectivity index (χ2v) is 3.77. The summed E-state index contributed by atoms with van der Waals surface area (Å²) < 4.78 is 0. The molecule has 1 aliphatic heterocycles. The molecule has 0 aromatic rings. The maximum Gasteiger partial charge on any atom is 0.0678 e. The molecule has 0 atom stereocenters. The maximum atomic E-state index is 9.11. The van der Waals surface area contributed by atoms with E-state index in [1.807, 2.05) is 0 Å². The van der Waals surface area contributed by atoms with E-state index in [-0.39, 0.29) is 6.61 Å². The van der Waals surface area contributed by atoms with Gasteiger partial charge in [0.15, 0.2) is 0 Å². The number of aliphatic hydroxyl groups excluding tert-OH is 1. The Labute approximate surface area is 86.9 Å². The van der Waals surface area contributed by atoms with E-state index in [2.05, 4.69) is 30.9 Å². The van der Waals surface area contributed by atoms with Crippen molar-refractivity contribution in [2.24, 2.45) is 0 Å². The van der Waals surface area contributed by atoms with Crippen LogP contribution in [-0.4, -0.2) is 36.2 Å². The van der Waals surface area contributed by atoms with E-state index < -0.39 is 0 Å². The van der Waals surface area contributed by atoms with Gasteiger partial charge in [0, 0.05) is 13.1 Å². The van der Waals surface area contributed by atoms with Crippen LogP contribution in [0.15, 0.2) is 23.3 Å². The van der Waals surface area contributed by atoms with Crippen LogP contribution in [0, 0.1) is 0 Å². The summed E-state index contributed by atoms with van der Waals surface area (Å²) in [5, 5.41) is 9.11. The molecule has 1 fully saturated rings. The molecule has 1 aliphatic rings. The number of likely N-dealkylation sites (N-methyl/N-ethyl adjacent to an activating group) is 1. The third-order valence-corrected chi connectivity index (χ3v) is 2.66. The highest BCUT2D eigenvalue weighted by Gasteiger charge is 2.14. The van der Waals surface area contributed by atoms with Gasteiger partial charge in [-0.3, -0.25) is 4.90 Å². The van der Waals surface area contributed by atoms with Crippen LogP contribution in [0.3, 0.4) is 0 Å². The van der Waals surface area contributed by atoms with Crippen molar-refractivity contribution >= 4 is 0 Å². The van der Waals surface area contributed by atoms with Crippen LogP contribution in [0.1, 0.15) is 26.7 Å². The summed E-state index contributed by atoms with van der Waals surface area (Å²) in [7, 11) is 0. The van der Waals surface area contributed by atoms with Gasteiger partial charge in [0.1, 0.15) is 0 Å². The Morgan fingerprint density at radius 1 is 1.50 bits per heavy atom. The Balaban J connectivity index is 2.55. The zero-order chi connectivity index (χ0) is 10.4. The lowest BCUT2D eigenvalue weighted by Gasteiger charge is -2.09. The van der Waals surface area contributed by atoms with Crippen LogP contribution >= 0.6 is 0 Å². The van der Waals surface area contributed by atoms with Crippen molar-refractivity contribution in [1.29, 1.82) is 0 Å². The van der Waals surface area contributed by atoms with Crippen molar-refractivity contribution in [3.8, 4) is 0 Å². The molecule has 14 heavy (non-hydrogen) atoms. The molecule has 2 nitrogen and oxygen atoms in total. The average Bonchev–Trinajstić information content (AvgIpc) is 2.65. The molecule has 0 amide bonds. The van der Waals surface area contributed by atoms with Crippen LogP contribution < -0.4 is 0 Å². The smallest absolute Gasteiger partial charge is 0.0678 e. The molecule has 2 heteroatoms. The van der Waals surface area contributed by atoms with Crippen molar-refractivity contribution in [2.75, 3.05) is 26.2 Å². The maximum absolute atomic E-state index is 9.11. The molecule has 0 aromatic carbocycles. The van der Waals surface area contributed by atoms with Gasteiger partial charge in [-0.1, -0.05) is 31.6 Å². The monoisotopic (exact) mass is 195 g/mol. The van der Waals surface area contributed by atoms with Crippen molar-refractivity contribution in [3.63, 3.8) is 0 Å². The fourth-order valence-electron chi connectivity index (χ4n) is 1.83. The second-order valence-electron chi connectivity index (χ2n) is 3.77. The Bertz CT molecular complexity index is 230. The van der Waals surface area contributed by atoms with E-state index in [4.69, 9.17) is 5.11 Å². The summed E-state index contributed by atoms with van der Waals surface area (Å²) >= 11 is 0. The third kappa shape index (κ3) is 3.28. The van der Waals surface area contributed by atoms with Gasteiger partial charge in [-0.2, -0.15) is 0 Å². The Morgan fingerprint density at radius 3 is 2.79 bits per heavy atom. The van der Waals surface area contributed by atoms with E-state index in [0.29, 0.717) is 0 Å². The molecular formula is C12H21NO. The molecule has 1 rings (SSSR count). The van der Waals surface area contributed by atoms with Gasteiger partial charge in [-0.05, 0) is 25.0 Å². The Morgan fingerprint density at radius 2 is 2.29 bits per heavy atom. The first-order chi connectivity index (χ1) is 6.80. The summed E-state index contributed by atoms with van der Waals surface area (Å²) in [6, 6.07) is 0. The first-order valence-electron chi connectivity index (χ1n) is 5.51. The van der Waals surface area contributed by atoms with Gasteiger partial charge < -0.3 is 5.11 Å². The molecule has 0 bridgehead atoms. The SMILES string of the molecule is CC/C=C(\C=C1\CCN(CC)C1)CO. The summed E-state index contributed by atoms with van der Waals surface area (Å²) in [6.45, 7) is 7.84. The molecule has 1 saturated heterocycles. The molecule has 80 valence electrons. The standard InChI is InChI=1S/C12H21NO/c1-3-5-12(10-14)8-11-6-7-13(4-2)9-11/h5,8,14H,3-4,6-7,9-10H2,1-2H3/b11-8-,12-5+. The Hall–Kier alpha value is -0.600. The highest BCUT2D eigenvalue weighted by molar-refractivity contribution is 5.26. The van der Waals surface area contributed by atoms with Crippen molar-refractivity contribution < 1.29 is 5.11 Å². The van der Waals surface area contributed by atoms with E-state index in [1.54, 1.807) is 0 Å². The molecule has 0 aliphatic carbocycles. The number of aliphatic hydroxyl groups is 1. The molecular weight excluding hydrogens is 174 g/mol. The molecule has 0 spiro atoms. The lowest BCUT2D eigenvalue weighted by Crippen LogP contribution is -2.18. The highest BCUT2D eigenvalue weighted by Crippen LogP contribution is 2.16. The zero-order valence-corrected chi connectivity index (χ0v) is 9.29. The lowest BCUT2D eigenvalue weighted by molar-refractivity contribution is 0.334. The molecule has 0 radical (unpaired) electrons. The van der Waals surface area contributed by atoms with Crippen LogP contribution in [0.4, 0.5) is 0 Å². The molecule has 0 unspecified atom stereocenters. The summed E-state index contributed by atoms with van der Waals surface area (Å²) in [5.41, 5.74) is 2.53. The van der Waals surface area contributed by atoms with Crippen molar-refractivity contribution in [2.45, 2.75) is 26.7 Å². The van der Waals surface area contributed by atoms with E-state index in [1.165, 1.54) is 12.1 Å². The summed E-state index contributed by atoms with van der Waals surface area (Å²) in [5.74, 6) is 0. The van der Waals surface area contributed by atoms with Crippen molar-refractivity contribution in [3.05, 3.63) is 23.3 Å². The average molecular weight is 195 g/mol. The van der Waals surface area contributed by atoms with Crippen LogP contribution in [0.25, 0.3) is 0 Å². The van der Waals surface area contributed by atoms with Crippen molar-refractivity contribution in [1.82, 2.24) is 4.90 Å². The number of hydrogen-bond donors (Lipinski definition) is 1. The fraction of sp³-hybridized carbons (Fsp3) is 0.667. The molecule has 1 heterocycles. The lowest BCUT2D eigenvalue weighted by atomic mass is 10.1. The van der Waals surface area contributed by atoms with Crippen LogP contribution in [0.2, 0.25) is 0 Å². The third-order valence-electron chi connectivity index (χ3n) is 2.66. The molecule has 1 N–H and O–H groups in total. The van der Waals surface area contributed by atoms with Gasteiger partial charge in [0.2, 0.25) is 0 Å². The number of rotatable bonds is 4. The first kappa shape index (κ1) is 11.5. The van der Waals surface area contributed by atoms with E-state index in [9.17, 15) is 0 Å². The minimum atomic E-state index is 0.170. The van der Waals surface area contributed by atoms with Crippen LogP contribution in [-0.2, 0) is 0 Å². The van der Waals surface area contributed by atoms with E-state index >= 15 is 0 Å². The minimum Gasteiger partial charge on any atom is -0.392 e. The summed E-state index contributed by atoms with van der Waals surface area (Å²) in [4.78, 5) is 2.42. The topological polar surface area (TPSA) is 23.5 Å². The number of allylic oxidation sites excluding steroid dienone is 1. The minimum absolute atomic E-state index is 0.170. The summed E-state index contributed by atoms with van der Waals surface area (Å²) in [6.07, 6.45) is 6.42. The zero-order valence-electron chi connectivity index (χ0n) is 9.29. The van der Waals surface area contributed by atoms with Gasteiger partial charge >= 0.3 is 0 Å². The number of likely N-dealkylation sites (tertiary alicyclic amines) is 1. The van der Waals surface area contributed by atoms with E-state index in [0.717, 1.165) is 31.5 Å². The van der Waals surface area contributed by atoms with Gasteiger partial charge in [0.25, 0.3) is 0 Å². The van der Waals surface area contributed by atoms with Gasteiger partial charge in [0.05, 0.1) is 6.61 Å². The largest absolute Gasteiger partial charge is 0.392 e. The molecule has 0 aromatic heterocycles. The fourth-order valence-corrected chi connectivity index (χ4v) is 1.83. The quantitative estimate of drug-likeness (QED) is 0.741. The number of hydrogen-bond acceptors (Lipinski definition) is 2. The second kappa shape index (κ2) is 5.99. The first-order valence-corrected chi connectivity index (χ1v) is 5.51. The van der Waals surface area contributed by atoms with Crippen LogP contribution in [0.5, 0.6) is 0 Å². The normalized spacial score (nSPS) is 22.2. The predicted molar refractivity (Wildman–Crippen MR) is 60.3 cm³/mol. The van der Waals surface area contributed by atoms with Gasteiger partial charge in [-0.25, -0.2) is 0 Å².